The maximum atomic E-state index is 12.1. The molecule has 4 nitrogen and oxygen atoms in total. The van der Waals surface area contributed by atoms with Crippen LogP contribution >= 0.6 is 0 Å². The molecule has 2 aromatic rings. The summed E-state index contributed by atoms with van der Waals surface area (Å²) in [5, 5.41) is 2.88. The van der Waals surface area contributed by atoms with E-state index in [1.165, 1.54) is 6.92 Å². The smallest absolute Gasteiger partial charge is 0.226 e. The molecule has 0 atom stereocenters. The summed E-state index contributed by atoms with van der Waals surface area (Å²) in [5.41, 5.74) is 2.63. The Bertz CT molecular complexity index is 653. The van der Waals surface area contributed by atoms with Crippen molar-refractivity contribution < 1.29 is 9.59 Å². The average molecular weight is 296 g/mol. The van der Waals surface area contributed by atoms with Crippen LogP contribution < -0.4 is 10.2 Å². The van der Waals surface area contributed by atoms with Crippen LogP contribution in [0, 0.1) is 6.92 Å². The van der Waals surface area contributed by atoms with E-state index in [1.807, 2.05) is 61.5 Å². The Hall–Kier alpha value is -2.62. The van der Waals surface area contributed by atoms with Crippen molar-refractivity contribution in [3.05, 3.63) is 60.2 Å². The quantitative estimate of drug-likeness (QED) is 0.919. The van der Waals surface area contributed by atoms with Gasteiger partial charge in [0.2, 0.25) is 11.8 Å². The molecule has 0 saturated carbocycles. The van der Waals surface area contributed by atoms with Crippen molar-refractivity contribution >= 4 is 23.2 Å². The highest BCUT2D eigenvalue weighted by Crippen LogP contribution is 2.16. The van der Waals surface area contributed by atoms with Crippen LogP contribution in [-0.4, -0.2) is 18.4 Å². The zero-order valence-corrected chi connectivity index (χ0v) is 12.9. The van der Waals surface area contributed by atoms with E-state index in [4.69, 9.17) is 0 Å². The third-order valence-corrected chi connectivity index (χ3v) is 3.43. The van der Waals surface area contributed by atoms with Gasteiger partial charge in [0.1, 0.15) is 0 Å². The van der Waals surface area contributed by atoms with Crippen molar-refractivity contribution in [2.45, 2.75) is 20.3 Å². The number of amides is 2. The minimum absolute atomic E-state index is 0.0742. The van der Waals surface area contributed by atoms with Crippen LogP contribution in [0.15, 0.2) is 54.6 Å². The summed E-state index contributed by atoms with van der Waals surface area (Å²) < 4.78 is 0. The fraction of sp³-hybridized carbons (Fsp3) is 0.222. The highest BCUT2D eigenvalue weighted by molar-refractivity contribution is 5.95. The second-order valence-electron chi connectivity index (χ2n) is 5.12. The highest BCUT2D eigenvalue weighted by Gasteiger charge is 2.13. The Morgan fingerprint density at radius 2 is 1.64 bits per heavy atom. The molecular formula is C18H20N2O2. The molecule has 4 heteroatoms. The number of rotatable bonds is 5. The SMILES string of the molecule is CC(=O)N(CCC(=O)Nc1ccccc1C)c1ccccc1. The van der Waals surface area contributed by atoms with Crippen LogP contribution in [0.3, 0.4) is 0 Å². The standard InChI is InChI=1S/C18H20N2O2/c1-14-8-6-7-11-17(14)19-18(22)12-13-20(15(2)21)16-9-4-3-5-10-16/h3-11H,12-13H2,1-2H3,(H,19,22). The summed E-state index contributed by atoms with van der Waals surface area (Å²) in [6.07, 6.45) is 0.253. The van der Waals surface area contributed by atoms with E-state index in [2.05, 4.69) is 5.32 Å². The second-order valence-corrected chi connectivity index (χ2v) is 5.12. The number of carbonyl (C=O) groups excluding carboxylic acids is 2. The van der Waals surface area contributed by atoms with Crippen molar-refractivity contribution in [2.75, 3.05) is 16.8 Å². The van der Waals surface area contributed by atoms with E-state index in [-0.39, 0.29) is 18.2 Å². The molecule has 0 unspecified atom stereocenters. The molecule has 2 aromatic carbocycles. The molecular weight excluding hydrogens is 276 g/mol. The maximum absolute atomic E-state index is 12.1. The second kappa shape index (κ2) is 7.41. The minimum atomic E-state index is -0.100. The first kappa shape index (κ1) is 15.8. The molecule has 22 heavy (non-hydrogen) atoms. The highest BCUT2D eigenvalue weighted by atomic mass is 16.2. The predicted octanol–water partition coefficient (Wildman–Crippen LogP) is 3.38. The lowest BCUT2D eigenvalue weighted by molar-refractivity contribution is -0.117. The Kier molecular flexibility index (Phi) is 5.31. The van der Waals surface area contributed by atoms with E-state index in [9.17, 15) is 9.59 Å². The van der Waals surface area contributed by atoms with Gasteiger partial charge < -0.3 is 10.2 Å². The van der Waals surface area contributed by atoms with Gasteiger partial charge in [0.25, 0.3) is 0 Å². The van der Waals surface area contributed by atoms with Gasteiger partial charge in [-0.05, 0) is 30.7 Å². The summed E-state index contributed by atoms with van der Waals surface area (Å²) in [4.78, 5) is 25.4. The number of para-hydroxylation sites is 2. The van der Waals surface area contributed by atoms with Gasteiger partial charge in [-0.25, -0.2) is 0 Å². The van der Waals surface area contributed by atoms with Crippen LogP contribution in [0.5, 0.6) is 0 Å². The molecule has 0 radical (unpaired) electrons. The topological polar surface area (TPSA) is 49.4 Å². The molecule has 0 aliphatic heterocycles. The monoisotopic (exact) mass is 296 g/mol. The molecule has 0 aliphatic carbocycles. The molecule has 0 spiro atoms. The number of nitrogens with zero attached hydrogens (tertiary/aromatic N) is 1. The number of carbonyl (C=O) groups is 2. The van der Waals surface area contributed by atoms with E-state index in [0.717, 1.165) is 16.9 Å². The fourth-order valence-electron chi connectivity index (χ4n) is 2.22. The van der Waals surface area contributed by atoms with Crippen LogP contribution in [0.25, 0.3) is 0 Å². The van der Waals surface area contributed by atoms with Crippen LogP contribution in [0.2, 0.25) is 0 Å². The fourth-order valence-corrected chi connectivity index (χ4v) is 2.22. The third-order valence-electron chi connectivity index (χ3n) is 3.43. The summed E-state index contributed by atoms with van der Waals surface area (Å²) in [7, 11) is 0. The molecule has 114 valence electrons. The predicted molar refractivity (Wildman–Crippen MR) is 88.9 cm³/mol. The first-order valence-corrected chi connectivity index (χ1v) is 7.26. The summed E-state index contributed by atoms with van der Waals surface area (Å²) in [6.45, 7) is 3.81. The molecule has 1 N–H and O–H groups in total. The van der Waals surface area contributed by atoms with Crippen LogP contribution in [0.4, 0.5) is 11.4 Å². The van der Waals surface area contributed by atoms with E-state index >= 15 is 0 Å². The van der Waals surface area contributed by atoms with Gasteiger partial charge in [0, 0.05) is 31.3 Å². The number of benzene rings is 2. The summed E-state index contributed by atoms with van der Waals surface area (Å²) >= 11 is 0. The summed E-state index contributed by atoms with van der Waals surface area (Å²) in [6, 6.07) is 17.0. The van der Waals surface area contributed by atoms with Crippen molar-refractivity contribution in [1.29, 1.82) is 0 Å². The molecule has 0 heterocycles. The van der Waals surface area contributed by atoms with Crippen molar-refractivity contribution in [3.63, 3.8) is 0 Å². The number of anilines is 2. The first-order chi connectivity index (χ1) is 10.6. The Morgan fingerprint density at radius 3 is 2.27 bits per heavy atom. The van der Waals surface area contributed by atoms with Gasteiger partial charge >= 0.3 is 0 Å². The minimum Gasteiger partial charge on any atom is -0.326 e. The van der Waals surface area contributed by atoms with Crippen LogP contribution in [0.1, 0.15) is 18.9 Å². The molecule has 0 aromatic heterocycles. The lowest BCUT2D eigenvalue weighted by atomic mass is 10.2. The van der Waals surface area contributed by atoms with E-state index in [0.29, 0.717) is 6.54 Å². The molecule has 0 aliphatic rings. The maximum Gasteiger partial charge on any atom is 0.226 e. The first-order valence-electron chi connectivity index (χ1n) is 7.26. The molecule has 0 fully saturated rings. The number of nitrogens with one attached hydrogen (secondary N) is 1. The zero-order valence-electron chi connectivity index (χ0n) is 12.9. The van der Waals surface area contributed by atoms with Crippen molar-refractivity contribution in [3.8, 4) is 0 Å². The molecule has 0 saturated heterocycles. The van der Waals surface area contributed by atoms with E-state index < -0.39 is 0 Å². The number of hydrogen-bond donors (Lipinski definition) is 1. The van der Waals surface area contributed by atoms with Gasteiger partial charge in [-0.15, -0.1) is 0 Å². The summed E-state index contributed by atoms with van der Waals surface area (Å²) in [5.74, 6) is -0.175. The van der Waals surface area contributed by atoms with Gasteiger partial charge in [0.05, 0.1) is 0 Å². The molecule has 2 rings (SSSR count). The lowest BCUT2D eigenvalue weighted by Crippen LogP contribution is -2.31. The van der Waals surface area contributed by atoms with Crippen molar-refractivity contribution in [2.24, 2.45) is 0 Å². The number of hydrogen-bond acceptors (Lipinski definition) is 2. The van der Waals surface area contributed by atoms with Gasteiger partial charge in [-0.1, -0.05) is 36.4 Å². The lowest BCUT2D eigenvalue weighted by Gasteiger charge is -2.21. The average Bonchev–Trinajstić information content (AvgIpc) is 2.50. The van der Waals surface area contributed by atoms with Gasteiger partial charge in [0.15, 0.2) is 0 Å². The molecule has 2 amide bonds. The Balaban J connectivity index is 1.97. The largest absolute Gasteiger partial charge is 0.326 e. The zero-order chi connectivity index (χ0) is 15.9. The van der Waals surface area contributed by atoms with Gasteiger partial charge in [-0.3, -0.25) is 9.59 Å². The molecule has 0 bridgehead atoms. The van der Waals surface area contributed by atoms with Crippen molar-refractivity contribution in [1.82, 2.24) is 0 Å². The van der Waals surface area contributed by atoms with Gasteiger partial charge in [-0.2, -0.15) is 0 Å². The Morgan fingerprint density at radius 1 is 1.00 bits per heavy atom. The van der Waals surface area contributed by atoms with Crippen LogP contribution in [-0.2, 0) is 9.59 Å². The van der Waals surface area contributed by atoms with E-state index in [1.54, 1.807) is 4.90 Å². The third kappa shape index (κ3) is 4.19. The number of aryl methyl sites for hydroxylation is 1. The normalized spacial score (nSPS) is 10.1. The Labute approximate surface area is 130 Å².